The van der Waals surface area contributed by atoms with E-state index in [1.54, 1.807) is 0 Å². The average Bonchev–Trinajstić information content (AvgIpc) is 3.23. The molecule has 1 aromatic rings. The van der Waals surface area contributed by atoms with Crippen molar-refractivity contribution in [3.8, 4) is 0 Å². The molecule has 2 fully saturated rings. The van der Waals surface area contributed by atoms with Crippen molar-refractivity contribution in [2.45, 2.75) is 39.2 Å². The number of nitrogens with one attached hydrogen (secondary N) is 2. The van der Waals surface area contributed by atoms with Gasteiger partial charge in [0.25, 0.3) is 0 Å². The van der Waals surface area contributed by atoms with E-state index >= 15 is 0 Å². The summed E-state index contributed by atoms with van der Waals surface area (Å²) in [6, 6.07) is 2.48. The highest BCUT2D eigenvalue weighted by Crippen LogP contribution is 2.16. The third-order valence-electron chi connectivity index (χ3n) is 5.86. The van der Waals surface area contributed by atoms with Gasteiger partial charge in [0.15, 0.2) is 5.96 Å². The largest absolute Gasteiger partial charge is 0.357 e. The second-order valence-electron chi connectivity index (χ2n) is 7.80. The number of hydrogen-bond donors (Lipinski definition) is 2. The summed E-state index contributed by atoms with van der Waals surface area (Å²) < 4.78 is 0. The number of likely N-dealkylation sites (N-methyl/N-ethyl adjacent to an activating group) is 1. The Morgan fingerprint density at radius 3 is 2.62 bits per heavy atom. The van der Waals surface area contributed by atoms with E-state index in [1.807, 2.05) is 18.5 Å². The van der Waals surface area contributed by atoms with Crippen LogP contribution < -0.4 is 15.5 Å². The predicted molar refractivity (Wildman–Crippen MR) is 120 cm³/mol. The molecule has 0 aromatic carbocycles. The quantitative estimate of drug-likeness (QED) is 0.363. The Labute approximate surface area is 175 Å². The maximum Gasteiger partial charge on any atom is 0.225 e. The zero-order valence-corrected chi connectivity index (χ0v) is 18.2. The number of aromatic nitrogens is 2. The molecule has 2 saturated heterocycles. The molecule has 1 aromatic heterocycles. The maximum absolute atomic E-state index is 4.84. The van der Waals surface area contributed by atoms with Gasteiger partial charge in [0.2, 0.25) is 5.95 Å². The van der Waals surface area contributed by atoms with Crippen molar-refractivity contribution in [1.82, 2.24) is 30.4 Å². The first-order valence-corrected chi connectivity index (χ1v) is 11.3. The van der Waals surface area contributed by atoms with Crippen molar-refractivity contribution in [3.63, 3.8) is 0 Å². The number of nitrogens with zero attached hydrogens (tertiary/aromatic N) is 6. The van der Waals surface area contributed by atoms with Crippen LogP contribution >= 0.6 is 0 Å². The molecule has 8 heteroatoms. The van der Waals surface area contributed by atoms with Crippen LogP contribution in [0.2, 0.25) is 0 Å². The summed E-state index contributed by atoms with van der Waals surface area (Å²) in [7, 11) is 0. The molecule has 0 radical (unpaired) electrons. The van der Waals surface area contributed by atoms with Crippen molar-refractivity contribution in [2.24, 2.45) is 4.99 Å². The van der Waals surface area contributed by atoms with E-state index in [0.717, 1.165) is 77.2 Å². The normalized spacial score (nSPS) is 21.5. The fourth-order valence-electron chi connectivity index (χ4n) is 4.19. The molecule has 2 aliphatic heterocycles. The smallest absolute Gasteiger partial charge is 0.225 e. The lowest BCUT2D eigenvalue weighted by molar-refractivity contribution is 0.254. The van der Waals surface area contributed by atoms with Crippen LogP contribution in [0.25, 0.3) is 0 Å². The lowest BCUT2D eigenvalue weighted by atomic mass is 10.2. The number of guanidine groups is 1. The first-order valence-electron chi connectivity index (χ1n) is 11.3. The van der Waals surface area contributed by atoms with E-state index in [2.05, 4.69) is 49.1 Å². The van der Waals surface area contributed by atoms with Crippen LogP contribution in [0, 0.1) is 0 Å². The van der Waals surface area contributed by atoms with Gasteiger partial charge in [-0.05, 0) is 51.9 Å². The summed E-state index contributed by atoms with van der Waals surface area (Å²) in [4.78, 5) is 20.9. The summed E-state index contributed by atoms with van der Waals surface area (Å²) in [5.41, 5.74) is 0. The molecule has 29 heavy (non-hydrogen) atoms. The lowest BCUT2D eigenvalue weighted by Crippen LogP contribution is -2.47. The molecule has 0 amide bonds. The molecule has 2 aliphatic rings. The second-order valence-corrected chi connectivity index (χ2v) is 7.80. The molecule has 0 aliphatic carbocycles. The fourth-order valence-corrected chi connectivity index (χ4v) is 4.19. The summed E-state index contributed by atoms with van der Waals surface area (Å²) >= 11 is 0. The van der Waals surface area contributed by atoms with E-state index in [-0.39, 0.29) is 0 Å². The standard InChI is InChI=1S/C21H38N8/c1-3-22-20(26-18-19-8-5-13-28(19)4-2)23-11-7-12-27-14-16-29(17-15-27)21-24-9-6-10-25-21/h6,9-10,19H,3-5,7-8,11-18H2,1-2H3,(H2,22,23,26). The number of likely N-dealkylation sites (tertiary alicyclic amines) is 1. The van der Waals surface area contributed by atoms with E-state index < -0.39 is 0 Å². The van der Waals surface area contributed by atoms with Crippen molar-refractivity contribution >= 4 is 11.9 Å². The SMILES string of the molecule is CCNC(=NCC1CCCN1CC)NCCCN1CCN(c2ncccn2)CC1. The van der Waals surface area contributed by atoms with Crippen LogP contribution in [0.15, 0.2) is 23.5 Å². The van der Waals surface area contributed by atoms with Gasteiger partial charge in [-0.15, -0.1) is 0 Å². The van der Waals surface area contributed by atoms with Gasteiger partial charge in [-0.3, -0.25) is 14.8 Å². The van der Waals surface area contributed by atoms with Gasteiger partial charge in [-0.2, -0.15) is 0 Å². The molecule has 3 heterocycles. The van der Waals surface area contributed by atoms with Gasteiger partial charge >= 0.3 is 0 Å². The zero-order valence-electron chi connectivity index (χ0n) is 18.2. The summed E-state index contributed by atoms with van der Waals surface area (Å²) in [6.07, 6.45) is 7.34. The Hall–Kier alpha value is -1.93. The predicted octanol–water partition coefficient (Wildman–Crippen LogP) is 1.03. The minimum atomic E-state index is 0.611. The third-order valence-corrected chi connectivity index (χ3v) is 5.86. The molecule has 0 saturated carbocycles. The fraction of sp³-hybridized carbons (Fsp3) is 0.762. The van der Waals surface area contributed by atoms with Gasteiger partial charge in [0.1, 0.15) is 0 Å². The first-order chi connectivity index (χ1) is 14.3. The molecule has 1 unspecified atom stereocenters. The average molecular weight is 403 g/mol. The number of anilines is 1. The minimum absolute atomic E-state index is 0.611. The van der Waals surface area contributed by atoms with E-state index in [9.17, 15) is 0 Å². The van der Waals surface area contributed by atoms with Crippen LogP contribution in [-0.2, 0) is 0 Å². The number of aliphatic imine (C=N–C) groups is 1. The number of hydrogen-bond acceptors (Lipinski definition) is 6. The molecule has 2 N–H and O–H groups in total. The topological polar surface area (TPSA) is 71.9 Å². The molecule has 3 rings (SSSR count). The van der Waals surface area contributed by atoms with E-state index in [0.29, 0.717) is 6.04 Å². The van der Waals surface area contributed by atoms with Crippen LogP contribution in [0.1, 0.15) is 33.1 Å². The van der Waals surface area contributed by atoms with Gasteiger partial charge in [-0.1, -0.05) is 6.92 Å². The summed E-state index contributed by atoms with van der Waals surface area (Å²) in [6.45, 7) is 14.7. The van der Waals surface area contributed by atoms with Crippen LogP contribution in [0.5, 0.6) is 0 Å². The summed E-state index contributed by atoms with van der Waals surface area (Å²) in [5, 5.41) is 6.90. The van der Waals surface area contributed by atoms with Gasteiger partial charge in [0.05, 0.1) is 6.54 Å². The number of piperazine rings is 1. The highest BCUT2D eigenvalue weighted by Gasteiger charge is 2.22. The van der Waals surface area contributed by atoms with Crippen LogP contribution in [-0.4, -0.2) is 97.2 Å². The van der Waals surface area contributed by atoms with Crippen molar-refractivity contribution in [1.29, 1.82) is 0 Å². The first kappa shape index (κ1) is 21.8. The minimum Gasteiger partial charge on any atom is -0.357 e. The van der Waals surface area contributed by atoms with E-state index in [4.69, 9.17) is 4.99 Å². The molecule has 8 nitrogen and oxygen atoms in total. The molecular formula is C21H38N8. The summed E-state index contributed by atoms with van der Waals surface area (Å²) in [5.74, 6) is 1.81. The highest BCUT2D eigenvalue weighted by atomic mass is 15.3. The van der Waals surface area contributed by atoms with Crippen LogP contribution in [0.4, 0.5) is 5.95 Å². The van der Waals surface area contributed by atoms with Gasteiger partial charge in [0, 0.05) is 57.7 Å². The Bertz CT molecular complexity index is 600. The monoisotopic (exact) mass is 402 g/mol. The number of rotatable bonds is 9. The highest BCUT2D eigenvalue weighted by molar-refractivity contribution is 5.79. The third kappa shape index (κ3) is 6.82. The Balaban J connectivity index is 1.33. The second kappa shape index (κ2) is 11.9. The zero-order chi connectivity index (χ0) is 20.3. The maximum atomic E-state index is 4.84. The van der Waals surface area contributed by atoms with Crippen molar-refractivity contribution in [3.05, 3.63) is 18.5 Å². The van der Waals surface area contributed by atoms with Gasteiger partial charge in [-0.25, -0.2) is 9.97 Å². The molecular weight excluding hydrogens is 364 g/mol. The molecule has 162 valence electrons. The Morgan fingerprint density at radius 2 is 1.90 bits per heavy atom. The van der Waals surface area contributed by atoms with Crippen molar-refractivity contribution < 1.29 is 0 Å². The molecule has 0 bridgehead atoms. The molecule has 1 atom stereocenters. The van der Waals surface area contributed by atoms with Crippen molar-refractivity contribution in [2.75, 3.05) is 70.3 Å². The van der Waals surface area contributed by atoms with E-state index in [1.165, 1.54) is 19.4 Å². The Kier molecular flexibility index (Phi) is 8.95. The van der Waals surface area contributed by atoms with Crippen LogP contribution in [0.3, 0.4) is 0 Å². The molecule has 0 spiro atoms. The Morgan fingerprint density at radius 1 is 1.10 bits per heavy atom. The lowest BCUT2D eigenvalue weighted by Gasteiger charge is -2.34. The van der Waals surface area contributed by atoms with Gasteiger partial charge < -0.3 is 15.5 Å².